The molecule has 0 radical (unpaired) electrons. The van der Waals surface area contributed by atoms with Gasteiger partial charge in [0.1, 0.15) is 23.8 Å². The molecule has 0 fully saturated rings. The molecule has 2 aliphatic heterocycles. The van der Waals surface area contributed by atoms with Crippen molar-refractivity contribution in [1.29, 1.82) is 0 Å². The quantitative estimate of drug-likeness (QED) is 0.677. The first kappa shape index (κ1) is 10.2. The number of nitrogens with zero attached hydrogens (tertiary/aromatic N) is 1. The highest BCUT2D eigenvalue weighted by molar-refractivity contribution is 5.85. The van der Waals surface area contributed by atoms with Crippen LogP contribution in [0.3, 0.4) is 0 Å². The summed E-state index contributed by atoms with van der Waals surface area (Å²) in [6.45, 7) is 0.566. The van der Waals surface area contributed by atoms with E-state index in [1.54, 1.807) is 12.5 Å². The van der Waals surface area contributed by atoms with Crippen LogP contribution in [-0.4, -0.2) is 12.8 Å². The van der Waals surface area contributed by atoms with E-state index < -0.39 is 0 Å². The first-order valence-corrected chi connectivity index (χ1v) is 4.55. The summed E-state index contributed by atoms with van der Waals surface area (Å²) < 4.78 is 11.0. The van der Waals surface area contributed by atoms with E-state index in [4.69, 9.17) is 9.47 Å². The summed E-state index contributed by atoms with van der Waals surface area (Å²) in [6, 6.07) is 7.87. The van der Waals surface area contributed by atoms with Crippen LogP contribution in [0.25, 0.3) is 0 Å². The molecule has 78 valence electrons. The van der Waals surface area contributed by atoms with Gasteiger partial charge < -0.3 is 9.47 Å². The molecule has 3 rings (SSSR count). The molecule has 0 bridgehead atoms. The zero-order chi connectivity index (χ0) is 9.38. The van der Waals surface area contributed by atoms with Crippen molar-refractivity contribution in [3.8, 4) is 5.75 Å². The lowest BCUT2D eigenvalue weighted by atomic mass is 10.0. The minimum Gasteiger partial charge on any atom is -0.463 e. The molecule has 0 amide bonds. The van der Waals surface area contributed by atoms with Gasteiger partial charge in [0, 0.05) is 11.8 Å². The Morgan fingerprint density at radius 2 is 2.13 bits per heavy atom. The van der Waals surface area contributed by atoms with E-state index in [2.05, 4.69) is 4.99 Å². The van der Waals surface area contributed by atoms with Gasteiger partial charge in [-0.25, -0.2) is 0 Å². The molecule has 1 aromatic carbocycles. The highest BCUT2D eigenvalue weighted by Gasteiger charge is 2.26. The maximum Gasteiger partial charge on any atom is 0.132 e. The average molecular weight is 224 g/mol. The van der Waals surface area contributed by atoms with E-state index in [-0.39, 0.29) is 18.5 Å². The molecule has 0 spiro atoms. The predicted molar refractivity (Wildman–Crippen MR) is 59.6 cm³/mol. The molecule has 4 heteroatoms. The minimum absolute atomic E-state index is 0. The maximum atomic E-state index is 5.61. The summed E-state index contributed by atoms with van der Waals surface area (Å²) in [6.07, 6.45) is 3.35. The third-order valence-electron chi connectivity index (χ3n) is 2.35. The van der Waals surface area contributed by atoms with E-state index in [1.165, 1.54) is 0 Å². The average Bonchev–Trinajstić information content (AvgIpc) is 2.29. The molecule has 15 heavy (non-hydrogen) atoms. The summed E-state index contributed by atoms with van der Waals surface area (Å²) >= 11 is 0. The first-order valence-electron chi connectivity index (χ1n) is 4.55. The Hall–Kier alpha value is -1.32. The molecule has 1 unspecified atom stereocenters. The second kappa shape index (κ2) is 4.04. The van der Waals surface area contributed by atoms with E-state index >= 15 is 0 Å². The third-order valence-corrected chi connectivity index (χ3v) is 2.35. The normalized spacial score (nSPS) is 21.6. The van der Waals surface area contributed by atoms with Crippen molar-refractivity contribution in [2.45, 2.75) is 6.10 Å². The fourth-order valence-corrected chi connectivity index (χ4v) is 1.70. The SMILES string of the molecule is C1=NC2=COc3ccccc3C2OC1.Cl. The van der Waals surface area contributed by atoms with Crippen LogP contribution in [0.1, 0.15) is 11.7 Å². The lowest BCUT2D eigenvalue weighted by molar-refractivity contribution is 0.0950. The second-order valence-corrected chi connectivity index (χ2v) is 3.22. The summed E-state index contributed by atoms with van der Waals surface area (Å²) in [5, 5.41) is 0. The monoisotopic (exact) mass is 223 g/mol. The van der Waals surface area contributed by atoms with Crippen LogP contribution in [0.5, 0.6) is 5.75 Å². The van der Waals surface area contributed by atoms with Crippen molar-refractivity contribution in [3.63, 3.8) is 0 Å². The molecule has 1 aromatic rings. The van der Waals surface area contributed by atoms with Crippen molar-refractivity contribution >= 4 is 18.6 Å². The topological polar surface area (TPSA) is 30.8 Å². The standard InChI is InChI=1S/C11H9NO2.ClH/c1-2-4-10-8(3-1)11-9(7-14-10)12-5-6-13-11;/h1-5,7,11H,6H2;1H. The van der Waals surface area contributed by atoms with Crippen LogP contribution in [0.4, 0.5) is 0 Å². The second-order valence-electron chi connectivity index (χ2n) is 3.22. The zero-order valence-corrected chi connectivity index (χ0v) is 8.74. The summed E-state index contributed by atoms with van der Waals surface area (Å²) in [5.41, 5.74) is 1.90. The van der Waals surface area contributed by atoms with Gasteiger partial charge >= 0.3 is 0 Å². The number of aliphatic imine (C=N–C) groups is 1. The number of rotatable bonds is 0. The fraction of sp³-hybridized carbons (Fsp3) is 0.182. The van der Waals surface area contributed by atoms with Crippen molar-refractivity contribution in [1.82, 2.24) is 0 Å². The number of fused-ring (bicyclic) bond motifs is 3. The molecule has 0 saturated heterocycles. The van der Waals surface area contributed by atoms with Gasteiger partial charge in [-0.1, -0.05) is 18.2 Å². The van der Waals surface area contributed by atoms with Crippen molar-refractivity contribution < 1.29 is 9.47 Å². The van der Waals surface area contributed by atoms with Gasteiger partial charge in [0.25, 0.3) is 0 Å². The molecular formula is C11H10ClNO2. The highest BCUT2D eigenvalue weighted by Crippen LogP contribution is 2.38. The Balaban J connectivity index is 0.000000853. The first-order chi connectivity index (χ1) is 6.95. The Bertz CT molecular complexity index is 428. The largest absolute Gasteiger partial charge is 0.463 e. The summed E-state index contributed by atoms with van der Waals surface area (Å²) in [5.74, 6) is 0.860. The molecular weight excluding hydrogens is 214 g/mol. The van der Waals surface area contributed by atoms with Gasteiger partial charge in [-0.2, -0.15) is 0 Å². The number of benzene rings is 1. The number of ether oxygens (including phenoxy) is 2. The van der Waals surface area contributed by atoms with Gasteiger partial charge in [-0.05, 0) is 6.07 Å². The molecule has 0 aromatic heterocycles. The summed E-state index contributed by atoms with van der Waals surface area (Å²) in [7, 11) is 0. The molecule has 2 heterocycles. The van der Waals surface area contributed by atoms with Crippen LogP contribution >= 0.6 is 12.4 Å². The number of hydrogen-bond donors (Lipinski definition) is 0. The van der Waals surface area contributed by atoms with Gasteiger partial charge in [0.05, 0.1) is 6.61 Å². The van der Waals surface area contributed by atoms with Crippen LogP contribution < -0.4 is 4.74 Å². The molecule has 2 aliphatic rings. The van der Waals surface area contributed by atoms with Crippen LogP contribution in [0.2, 0.25) is 0 Å². The minimum atomic E-state index is -0.0510. The van der Waals surface area contributed by atoms with Crippen molar-refractivity contribution in [3.05, 3.63) is 41.8 Å². The number of halogens is 1. The lowest BCUT2D eigenvalue weighted by Gasteiger charge is -2.26. The van der Waals surface area contributed by atoms with Crippen LogP contribution in [0, 0.1) is 0 Å². The maximum absolute atomic E-state index is 5.61. The third kappa shape index (κ3) is 1.64. The Labute approximate surface area is 93.8 Å². The number of hydrogen-bond acceptors (Lipinski definition) is 3. The van der Waals surface area contributed by atoms with Gasteiger partial charge in [-0.3, -0.25) is 4.99 Å². The Morgan fingerprint density at radius 1 is 1.27 bits per heavy atom. The lowest BCUT2D eigenvalue weighted by Crippen LogP contribution is -2.17. The molecule has 3 nitrogen and oxygen atoms in total. The molecule has 0 aliphatic carbocycles. The van der Waals surface area contributed by atoms with Crippen molar-refractivity contribution in [2.75, 3.05) is 6.61 Å². The smallest absolute Gasteiger partial charge is 0.132 e. The molecule has 0 N–H and O–H groups in total. The van der Waals surface area contributed by atoms with Gasteiger partial charge in [0.2, 0.25) is 0 Å². The highest BCUT2D eigenvalue weighted by atomic mass is 35.5. The Morgan fingerprint density at radius 3 is 3.07 bits per heavy atom. The van der Waals surface area contributed by atoms with Gasteiger partial charge in [-0.15, -0.1) is 12.4 Å². The number of para-hydroxylation sites is 1. The predicted octanol–water partition coefficient (Wildman–Crippen LogP) is 2.48. The van der Waals surface area contributed by atoms with E-state index in [9.17, 15) is 0 Å². The van der Waals surface area contributed by atoms with Crippen LogP contribution in [0.15, 0.2) is 41.2 Å². The fourth-order valence-electron chi connectivity index (χ4n) is 1.70. The molecule has 1 atom stereocenters. The van der Waals surface area contributed by atoms with Crippen LogP contribution in [-0.2, 0) is 4.74 Å². The van der Waals surface area contributed by atoms with Crippen molar-refractivity contribution in [2.24, 2.45) is 4.99 Å². The summed E-state index contributed by atoms with van der Waals surface area (Å²) in [4.78, 5) is 4.24. The van der Waals surface area contributed by atoms with E-state index in [0.717, 1.165) is 17.0 Å². The van der Waals surface area contributed by atoms with E-state index in [1.807, 2.05) is 24.3 Å². The van der Waals surface area contributed by atoms with Gasteiger partial charge in [0.15, 0.2) is 0 Å². The molecule has 0 saturated carbocycles. The van der Waals surface area contributed by atoms with E-state index in [0.29, 0.717) is 6.61 Å². The zero-order valence-electron chi connectivity index (χ0n) is 7.92. The Kier molecular flexibility index (Phi) is 2.75.